The van der Waals surface area contributed by atoms with Crippen LogP contribution in [-0.4, -0.2) is 16.0 Å². The van der Waals surface area contributed by atoms with Crippen molar-refractivity contribution in [1.82, 2.24) is 10.2 Å². The molecule has 0 amide bonds. The standard InChI is InChI=1S/C11H10BrN3O/c12-8-3-1-7(2-4-8)5-10(16)9-6-14-15-11(9)13/h1-4,6H,5H2,(H3,13,14,15). The Bertz CT molecular complexity index is 504. The van der Waals surface area contributed by atoms with E-state index in [1.165, 1.54) is 6.20 Å². The van der Waals surface area contributed by atoms with Crippen molar-refractivity contribution in [2.24, 2.45) is 0 Å². The van der Waals surface area contributed by atoms with Crippen molar-refractivity contribution in [2.75, 3.05) is 5.73 Å². The molecule has 0 radical (unpaired) electrons. The summed E-state index contributed by atoms with van der Waals surface area (Å²) < 4.78 is 0.992. The zero-order valence-electron chi connectivity index (χ0n) is 8.40. The predicted octanol–water partition coefficient (Wildman–Crippen LogP) is 2.18. The Balaban J connectivity index is 2.14. The second-order valence-corrected chi connectivity index (χ2v) is 4.34. The van der Waals surface area contributed by atoms with Gasteiger partial charge >= 0.3 is 0 Å². The maximum absolute atomic E-state index is 11.8. The van der Waals surface area contributed by atoms with Gasteiger partial charge in [0.05, 0.1) is 11.8 Å². The van der Waals surface area contributed by atoms with Crippen LogP contribution >= 0.6 is 15.9 Å². The number of nitrogen functional groups attached to an aromatic ring is 1. The minimum absolute atomic E-state index is 0.0337. The molecule has 82 valence electrons. The van der Waals surface area contributed by atoms with E-state index in [2.05, 4.69) is 26.1 Å². The monoisotopic (exact) mass is 279 g/mol. The minimum Gasteiger partial charge on any atom is -0.383 e. The molecule has 0 atom stereocenters. The Morgan fingerprint density at radius 2 is 2.06 bits per heavy atom. The maximum Gasteiger partial charge on any atom is 0.172 e. The number of H-pyrrole nitrogens is 1. The quantitative estimate of drug-likeness (QED) is 0.846. The Hall–Kier alpha value is -1.62. The molecule has 0 saturated carbocycles. The summed E-state index contributed by atoms with van der Waals surface area (Å²) in [7, 11) is 0. The van der Waals surface area contributed by atoms with Crippen LogP contribution in [0.1, 0.15) is 15.9 Å². The van der Waals surface area contributed by atoms with E-state index < -0.39 is 0 Å². The number of ketones is 1. The minimum atomic E-state index is -0.0337. The van der Waals surface area contributed by atoms with Crippen LogP contribution in [0.2, 0.25) is 0 Å². The zero-order chi connectivity index (χ0) is 11.5. The molecule has 1 aromatic carbocycles. The Kier molecular flexibility index (Phi) is 3.05. The molecule has 3 N–H and O–H groups in total. The van der Waals surface area contributed by atoms with Crippen LogP contribution in [0.4, 0.5) is 5.82 Å². The van der Waals surface area contributed by atoms with Crippen molar-refractivity contribution in [1.29, 1.82) is 0 Å². The van der Waals surface area contributed by atoms with Crippen LogP contribution in [0.3, 0.4) is 0 Å². The topological polar surface area (TPSA) is 71.8 Å². The first-order valence-electron chi connectivity index (χ1n) is 4.73. The van der Waals surface area contributed by atoms with Gasteiger partial charge in [0, 0.05) is 10.9 Å². The van der Waals surface area contributed by atoms with E-state index in [0.717, 1.165) is 10.0 Å². The number of nitrogens with one attached hydrogen (secondary N) is 1. The third-order valence-electron chi connectivity index (χ3n) is 2.25. The van der Waals surface area contributed by atoms with Gasteiger partial charge in [0.25, 0.3) is 0 Å². The molecule has 0 fully saturated rings. The Morgan fingerprint density at radius 3 is 2.62 bits per heavy atom. The number of aromatic amines is 1. The molecule has 5 heteroatoms. The zero-order valence-corrected chi connectivity index (χ0v) is 9.99. The number of nitrogens with zero attached hydrogens (tertiary/aromatic N) is 1. The van der Waals surface area contributed by atoms with E-state index in [4.69, 9.17) is 5.73 Å². The fourth-order valence-electron chi connectivity index (χ4n) is 1.40. The van der Waals surface area contributed by atoms with Crippen LogP contribution in [0.15, 0.2) is 34.9 Å². The number of benzene rings is 1. The molecule has 0 aliphatic rings. The van der Waals surface area contributed by atoms with E-state index in [0.29, 0.717) is 17.8 Å². The van der Waals surface area contributed by atoms with Crippen molar-refractivity contribution in [3.05, 3.63) is 46.1 Å². The van der Waals surface area contributed by atoms with Crippen LogP contribution in [-0.2, 0) is 6.42 Å². The fourth-order valence-corrected chi connectivity index (χ4v) is 1.67. The number of anilines is 1. The van der Waals surface area contributed by atoms with Crippen molar-refractivity contribution in [3.8, 4) is 0 Å². The van der Waals surface area contributed by atoms with Crippen molar-refractivity contribution < 1.29 is 4.79 Å². The number of Topliss-reactive ketones (excluding diaryl/α,β-unsaturated/α-hetero) is 1. The van der Waals surface area contributed by atoms with E-state index >= 15 is 0 Å². The lowest BCUT2D eigenvalue weighted by molar-refractivity contribution is 0.0994. The molecule has 0 spiro atoms. The lowest BCUT2D eigenvalue weighted by Crippen LogP contribution is -2.05. The van der Waals surface area contributed by atoms with Gasteiger partial charge in [0.15, 0.2) is 5.78 Å². The highest BCUT2D eigenvalue weighted by Crippen LogP contribution is 2.14. The summed E-state index contributed by atoms with van der Waals surface area (Å²) in [5.74, 6) is 0.288. The molecule has 0 bridgehead atoms. The number of hydrogen-bond donors (Lipinski definition) is 2. The molecule has 16 heavy (non-hydrogen) atoms. The van der Waals surface area contributed by atoms with Gasteiger partial charge in [-0.05, 0) is 17.7 Å². The number of halogens is 1. The normalized spacial score (nSPS) is 10.3. The molecule has 2 rings (SSSR count). The van der Waals surface area contributed by atoms with E-state index in [-0.39, 0.29) is 5.78 Å². The molecule has 2 aromatic rings. The number of carbonyl (C=O) groups is 1. The highest BCUT2D eigenvalue weighted by molar-refractivity contribution is 9.10. The summed E-state index contributed by atoms with van der Waals surface area (Å²) in [5, 5.41) is 6.26. The van der Waals surface area contributed by atoms with Gasteiger partial charge in [0.2, 0.25) is 0 Å². The average molecular weight is 280 g/mol. The largest absolute Gasteiger partial charge is 0.383 e. The van der Waals surface area contributed by atoms with Gasteiger partial charge in [-0.1, -0.05) is 28.1 Å². The van der Waals surface area contributed by atoms with Crippen molar-refractivity contribution >= 4 is 27.5 Å². The average Bonchev–Trinajstić information content (AvgIpc) is 2.68. The van der Waals surface area contributed by atoms with Crippen LogP contribution in [0.25, 0.3) is 0 Å². The molecule has 4 nitrogen and oxygen atoms in total. The van der Waals surface area contributed by atoms with Crippen LogP contribution in [0, 0.1) is 0 Å². The number of rotatable bonds is 3. The molecule has 0 aliphatic carbocycles. The molecular weight excluding hydrogens is 270 g/mol. The van der Waals surface area contributed by atoms with Gasteiger partial charge in [0.1, 0.15) is 5.82 Å². The van der Waals surface area contributed by atoms with E-state index in [9.17, 15) is 4.79 Å². The molecule has 0 unspecified atom stereocenters. The first-order valence-corrected chi connectivity index (χ1v) is 5.52. The number of carbonyl (C=O) groups excluding carboxylic acids is 1. The predicted molar refractivity (Wildman–Crippen MR) is 65.2 cm³/mol. The molecule has 1 aromatic heterocycles. The van der Waals surface area contributed by atoms with Crippen LogP contribution in [0.5, 0.6) is 0 Å². The highest BCUT2D eigenvalue weighted by atomic mass is 79.9. The molecular formula is C11H10BrN3O. The van der Waals surface area contributed by atoms with Crippen molar-refractivity contribution in [3.63, 3.8) is 0 Å². The van der Waals surface area contributed by atoms with Gasteiger partial charge in [-0.3, -0.25) is 9.89 Å². The second-order valence-electron chi connectivity index (χ2n) is 3.42. The lowest BCUT2D eigenvalue weighted by atomic mass is 10.1. The molecule has 0 saturated heterocycles. The second kappa shape index (κ2) is 4.49. The summed E-state index contributed by atoms with van der Waals surface area (Å²) >= 11 is 3.34. The Labute approximate surface area is 101 Å². The smallest absolute Gasteiger partial charge is 0.172 e. The van der Waals surface area contributed by atoms with E-state index in [1.807, 2.05) is 24.3 Å². The summed E-state index contributed by atoms with van der Waals surface area (Å²) in [4.78, 5) is 11.8. The summed E-state index contributed by atoms with van der Waals surface area (Å²) in [6.07, 6.45) is 1.79. The summed E-state index contributed by atoms with van der Waals surface area (Å²) in [5.41, 5.74) is 6.97. The van der Waals surface area contributed by atoms with E-state index in [1.54, 1.807) is 0 Å². The first kappa shape index (κ1) is 10.9. The maximum atomic E-state index is 11.8. The number of nitrogens with two attached hydrogens (primary N) is 1. The number of aromatic nitrogens is 2. The third kappa shape index (κ3) is 2.30. The summed E-state index contributed by atoms with van der Waals surface area (Å²) in [6.45, 7) is 0. The van der Waals surface area contributed by atoms with Gasteiger partial charge in [-0.15, -0.1) is 0 Å². The lowest BCUT2D eigenvalue weighted by Gasteiger charge is -2.00. The van der Waals surface area contributed by atoms with Gasteiger partial charge in [-0.2, -0.15) is 5.10 Å². The van der Waals surface area contributed by atoms with Crippen molar-refractivity contribution in [2.45, 2.75) is 6.42 Å². The first-order chi connectivity index (χ1) is 7.66. The highest BCUT2D eigenvalue weighted by Gasteiger charge is 2.11. The van der Waals surface area contributed by atoms with Gasteiger partial charge in [-0.25, -0.2) is 0 Å². The van der Waals surface area contributed by atoms with Gasteiger partial charge < -0.3 is 5.73 Å². The summed E-state index contributed by atoms with van der Waals surface area (Å²) in [6, 6.07) is 7.61. The molecule has 0 aliphatic heterocycles. The third-order valence-corrected chi connectivity index (χ3v) is 2.78. The fraction of sp³-hybridized carbons (Fsp3) is 0.0909. The molecule has 1 heterocycles. The Morgan fingerprint density at radius 1 is 1.38 bits per heavy atom. The number of hydrogen-bond acceptors (Lipinski definition) is 3. The SMILES string of the molecule is Nc1[nH]ncc1C(=O)Cc1ccc(Br)cc1. The van der Waals surface area contributed by atoms with Crippen LogP contribution < -0.4 is 5.73 Å².